The van der Waals surface area contributed by atoms with Gasteiger partial charge in [-0.25, -0.2) is 0 Å². The Kier molecular flexibility index (Phi) is 5.27. The number of rotatable bonds is 6. The first-order valence-electron chi connectivity index (χ1n) is 6.64. The van der Waals surface area contributed by atoms with E-state index in [1.54, 1.807) is 13.2 Å². The Balaban J connectivity index is 2.19. The number of anilines is 3. The number of nitrogens with zero attached hydrogens (tertiary/aromatic N) is 1. The number of aromatic nitrogens is 1. The minimum absolute atomic E-state index is 0.450. The average Bonchev–Trinajstić information content (AvgIpc) is 2.49. The van der Waals surface area contributed by atoms with Gasteiger partial charge in [0.2, 0.25) is 5.88 Å². The number of nitrogen functional groups attached to an aromatic ring is 1. The van der Waals surface area contributed by atoms with Crippen molar-refractivity contribution < 1.29 is 9.47 Å². The molecule has 0 aliphatic rings. The number of hydrogen-bond acceptors (Lipinski definition) is 5. The molecule has 0 unspecified atom stereocenters. The summed E-state index contributed by atoms with van der Waals surface area (Å²) < 4.78 is 11.7. The van der Waals surface area contributed by atoms with E-state index in [9.17, 15) is 0 Å². The summed E-state index contributed by atoms with van der Waals surface area (Å²) in [5.41, 5.74) is 7.25. The average molecular weight is 352 g/mol. The van der Waals surface area contributed by atoms with Gasteiger partial charge in [-0.05, 0) is 46.6 Å². The summed E-state index contributed by atoms with van der Waals surface area (Å²) in [5.74, 6) is 1.86. The second-order valence-electron chi connectivity index (χ2n) is 4.41. The van der Waals surface area contributed by atoms with Crippen LogP contribution in [0.1, 0.15) is 13.3 Å². The predicted molar refractivity (Wildman–Crippen MR) is 88.4 cm³/mol. The maximum Gasteiger partial charge on any atom is 0.239 e. The molecule has 2 rings (SSSR count). The van der Waals surface area contributed by atoms with Gasteiger partial charge in [0.15, 0.2) is 0 Å². The molecule has 0 fully saturated rings. The smallest absolute Gasteiger partial charge is 0.239 e. The molecule has 0 amide bonds. The molecule has 5 nitrogen and oxygen atoms in total. The molecule has 112 valence electrons. The SMILES string of the molecule is CCCOc1nc(Nc2ccc(Br)c(OC)c2)ccc1N. The van der Waals surface area contributed by atoms with Gasteiger partial charge < -0.3 is 20.5 Å². The molecule has 0 spiro atoms. The van der Waals surface area contributed by atoms with Gasteiger partial charge in [-0.2, -0.15) is 4.98 Å². The third kappa shape index (κ3) is 4.01. The van der Waals surface area contributed by atoms with E-state index < -0.39 is 0 Å². The summed E-state index contributed by atoms with van der Waals surface area (Å²) in [6.07, 6.45) is 0.905. The number of ether oxygens (including phenoxy) is 2. The lowest BCUT2D eigenvalue weighted by molar-refractivity contribution is 0.307. The Morgan fingerprint density at radius 3 is 2.81 bits per heavy atom. The Hall–Kier alpha value is -1.95. The highest BCUT2D eigenvalue weighted by Crippen LogP contribution is 2.30. The number of nitrogens with one attached hydrogen (secondary N) is 1. The van der Waals surface area contributed by atoms with Gasteiger partial charge >= 0.3 is 0 Å². The second-order valence-corrected chi connectivity index (χ2v) is 5.27. The van der Waals surface area contributed by atoms with Gasteiger partial charge in [-0.1, -0.05) is 6.92 Å². The quantitative estimate of drug-likeness (QED) is 0.823. The molecule has 2 aromatic rings. The molecule has 1 aromatic heterocycles. The summed E-state index contributed by atoms with van der Waals surface area (Å²) in [4.78, 5) is 4.37. The van der Waals surface area contributed by atoms with E-state index >= 15 is 0 Å². The van der Waals surface area contributed by atoms with E-state index in [0.29, 0.717) is 24.0 Å². The number of halogens is 1. The summed E-state index contributed by atoms with van der Waals surface area (Å²) >= 11 is 3.42. The third-order valence-electron chi connectivity index (χ3n) is 2.76. The van der Waals surface area contributed by atoms with Crippen LogP contribution in [0.15, 0.2) is 34.8 Å². The van der Waals surface area contributed by atoms with Crippen molar-refractivity contribution in [1.29, 1.82) is 0 Å². The lowest BCUT2D eigenvalue weighted by atomic mass is 10.3. The van der Waals surface area contributed by atoms with Crippen molar-refractivity contribution in [2.24, 2.45) is 0 Å². The maximum absolute atomic E-state index is 5.85. The molecule has 3 N–H and O–H groups in total. The molecule has 0 radical (unpaired) electrons. The van der Waals surface area contributed by atoms with Gasteiger partial charge in [0, 0.05) is 11.8 Å². The molecule has 0 aliphatic carbocycles. The topological polar surface area (TPSA) is 69.4 Å². The fourth-order valence-electron chi connectivity index (χ4n) is 1.72. The number of methoxy groups -OCH3 is 1. The van der Waals surface area contributed by atoms with Crippen LogP contribution in [0.3, 0.4) is 0 Å². The van der Waals surface area contributed by atoms with Crippen molar-refractivity contribution in [2.45, 2.75) is 13.3 Å². The van der Waals surface area contributed by atoms with Crippen LogP contribution < -0.4 is 20.5 Å². The van der Waals surface area contributed by atoms with E-state index in [-0.39, 0.29) is 0 Å². The predicted octanol–water partition coefficient (Wildman–Crippen LogP) is 3.97. The molecule has 0 saturated carbocycles. The maximum atomic E-state index is 5.85. The Bertz CT molecular complexity index is 620. The fourth-order valence-corrected chi connectivity index (χ4v) is 2.13. The Morgan fingerprint density at radius 2 is 2.10 bits per heavy atom. The summed E-state index contributed by atoms with van der Waals surface area (Å²) in [6.45, 7) is 2.62. The zero-order chi connectivity index (χ0) is 15.2. The largest absolute Gasteiger partial charge is 0.495 e. The van der Waals surface area contributed by atoms with Gasteiger partial charge in [0.1, 0.15) is 11.6 Å². The summed E-state index contributed by atoms with van der Waals surface area (Å²) in [6, 6.07) is 9.30. The molecule has 0 atom stereocenters. The Labute approximate surface area is 132 Å². The van der Waals surface area contributed by atoms with Crippen LogP contribution in [0.2, 0.25) is 0 Å². The standard InChI is InChI=1S/C15H18BrN3O2/c1-3-8-21-15-12(17)6-7-14(19-15)18-10-4-5-11(16)13(9-10)20-2/h4-7,9H,3,8,17H2,1-2H3,(H,18,19). The van der Waals surface area contributed by atoms with Crippen molar-refractivity contribution in [3.05, 3.63) is 34.8 Å². The van der Waals surface area contributed by atoms with Gasteiger partial charge in [0.25, 0.3) is 0 Å². The van der Waals surface area contributed by atoms with Crippen LogP contribution in [0, 0.1) is 0 Å². The first-order valence-corrected chi connectivity index (χ1v) is 7.43. The highest BCUT2D eigenvalue weighted by atomic mass is 79.9. The van der Waals surface area contributed by atoms with Crippen molar-refractivity contribution in [3.8, 4) is 11.6 Å². The van der Waals surface area contributed by atoms with Crippen LogP contribution in [-0.2, 0) is 0 Å². The molecule has 21 heavy (non-hydrogen) atoms. The number of benzene rings is 1. The van der Waals surface area contributed by atoms with Crippen molar-refractivity contribution in [3.63, 3.8) is 0 Å². The first-order chi connectivity index (χ1) is 10.1. The van der Waals surface area contributed by atoms with Crippen LogP contribution >= 0.6 is 15.9 Å². The second kappa shape index (κ2) is 7.17. The van der Waals surface area contributed by atoms with Crippen LogP contribution in [0.25, 0.3) is 0 Å². The third-order valence-corrected chi connectivity index (χ3v) is 3.41. The highest BCUT2D eigenvalue weighted by molar-refractivity contribution is 9.10. The number of nitrogens with two attached hydrogens (primary N) is 1. The monoisotopic (exact) mass is 351 g/mol. The minimum Gasteiger partial charge on any atom is -0.495 e. The van der Waals surface area contributed by atoms with Crippen LogP contribution in [-0.4, -0.2) is 18.7 Å². The van der Waals surface area contributed by atoms with E-state index in [4.69, 9.17) is 15.2 Å². The van der Waals surface area contributed by atoms with E-state index in [2.05, 4.69) is 26.2 Å². The zero-order valence-electron chi connectivity index (χ0n) is 12.0. The fraction of sp³-hybridized carbons (Fsp3) is 0.267. The van der Waals surface area contributed by atoms with E-state index in [0.717, 1.165) is 22.3 Å². The van der Waals surface area contributed by atoms with Crippen molar-refractivity contribution >= 4 is 33.1 Å². The van der Waals surface area contributed by atoms with Crippen LogP contribution in [0.5, 0.6) is 11.6 Å². The number of pyridine rings is 1. The minimum atomic E-state index is 0.450. The lowest BCUT2D eigenvalue weighted by Crippen LogP contribution is -2.03. The zero-order valence-corrected chi connectivity index (χ0v) is 13.6. The van der Waals surface area contributed by atoms with E-state index in [1.807, 2.05) is 31.2 Å². The van der Waals surface area contributed by atoms with Crippen LogP contribution in [0.4, 0.5) is 17.2 Å². The Morgan fingerprint density at radius 1 is 1.29 bits per heavy atom. The summed E-state index contributed by atoms with van der Waals surface area (Å²) in [5, 5.41) is 3.20. The molecule has 0 bridgehead atoms. The first kappa shape index (κ1) is 15.4. The molecule has 0 aliphatic heterocycles. The van der Waals surface area contributed by atoms with Gasteiger partial charge in [-0.3, -0.25) is 0 Å². The van der Waals surface area contributed by atoms with Crippen molar-refractivity contribution in [1.82, 2.24) is 4.98 Å². The molecule has 0 saturated heterocycles. The normalized spacial score (nSPS) is 10.2. The van der Waals surface area contributed by atoms with Gasteiger partial charge in [-0.15, -0.1) is 0 Å². The van der Waals surface area contributed by atoms with Gasteiger partial charge in [0.05, 0.1) is 23.9 Å². The van der Waals surface area contributed by atoms with E-state index in [1.165, 1.54) is 0 Å². The molecule has 1 heterocycles. The highest BCUT2D eigenvalue weighted by Gasteiger charge is 2.06. The number of hydrogen-bond donors (Lipinski definition) is 2. The molecular formula is C15H18BrN3O2. The summed E-state index contributed by atoms with van der Waals surface area (Å²) in [7, 11) is 1.63. The molecular weight excluding hydrogens is 334 g/mol. The molecule has 1 aromatic carbocycles. The molecule has 6 heteroatoms. The lowest BCUT2D eigenvalue weighted by Gasteiger charge is -2.11. The van der Waals surface area contributed by atoms with Crippen molar-refractivity contribution in [2.75, 3.05) is 24.8 Å².